The highest BCUT2D eigenvalue weighted by atomic mass is 33.1. The number of hydrogen-bond acceptors (Lipinski definition) is 9. The molecule has 0 saturated carbocycles. The molecule has 0 aliphatic carbocycles. The predicted molar refractivity (Wildman–Crippen MR) is 169 cm³/mol. The van der Waals surface area contributed by atoms with Crippen LogP contribution in [0, 0.1) is 11.3 Å². The van der Waals surface area contributed by atoms with Crippen LogP contribution in [-0.4, -0.2) is 76.0 Å². The van der Waals surface area contributed by atoms with E-state index in [1.165, 1.54) is 0 Å². The molecular formula is C29H48N5O4PS2. The van der Waals surface area contributed by atoms with Crippen molar-refractivity contribution in [1.29, 1.82) is 5.26 Å². The topological polar surface area (TPSA) is 108 Å². The van der Waals surface area contributed by atoms with E-state index in [1.807, 2.05) is 23.1 Å². The van der Waals surface area contributed by atoms with Gasteiger partial charge in [-0.2, -0.15) is 5.26 Å². The molecule has 230 valence electrons. The number of hydrogen-bond donors (Lipinski definition) is 1. The van der Waals surface area contributed by atoms with E-state index in [4.69, 9.17) is 14.3 Å². The van der Waals surface area contributed by atoms with Crippen molar-refractivity contribution in [2.24, 2.45) is 0 Å². The van der Waals surface area contributed by atoms with E-state index in [9.17, 15) is 9.59 Å². The monoisotopic (exact) mass is 625 g/mol. The van der Waals surface area contributed by atoms with Gasteiger partial charge in [-0.05, 0) is 76.3 Å². The second-order valence-electron chi connectivity index (χ2n) is 10.6. The van der Waals surface area contributed by atoms with Crippen LogP contribution in [0.1, 0.15) is 86.0 Å². The molecule has 1 fully saturated rings. The molecule has 0 spiro atoms. The minimum Gasteiger partial charge on any atom is -0.356 e. The lowest BCUT2D eigenvalue weighted by Crippen LogP contribution is -2.36. The molecule has 12 heteroatoms. The number of nitriles is 1. The Hall–Kier alpha value is -1.41. The van der Waals surface area contributed by atoms with Crippen molar-refractivity contribution in [3.05, 3.63) is 24.4 Å². The van der Waals surface area contributed by atoms with Crippen LogP contribution in [0.25, 0.3) is 0 Å². The lowest BCUT2D eigenvalue weighted by Gasteiger charge is -2.36. The molecule has 1 unspecified atom stereocenters. The van der Waals surface area contributed by atoms with Crippen molar-refractivity contribution >= 4 is 41.9 Å². The van der Waals surface area contributed by atoms with Gasteiger partial charge in [0, 0.05) is 56.0 Å². The summed E-state index contributed by atoms with van der Waals surface area (Å²) in [5.74, 6) is 0.976. The van der Waals surface area contributed by atoms with Gasteiger partial charge in [0.15, 0.2) is 0 Å². The largest absolute Gasteiger partial charge is 0.356 e. The number of rotatable bonds is 20. The molecule has 3 atom stereocenters. The number of likely N-dealkylation sites (tertiary alicyclic amines) is 1. The van der Waals surface area contributed by atoms with E-state index in [-0.39, 0.29) is 36.0 Å². The molecule has 9 nitrogen and oxygen atoms in total. The summed E-state index contributed by atoms with van der Waals surface area (Å²) in [4.78, 5) is 31.5. The van der Waals surface area contributed by atoms with Crippen LogP contribution in [-0.2, 0) is 18.6 Å². The molecule has 0 bridgehead atoms. The first-order chi connectivity index (χ1) is 19.8. The highest BCUT2D eigenvalue weighted by Gasteiger charge is 2.38. The zero-order valence-electron chi connectivity index (χ0n) is 25.3. The van der Waals surface area contributed by atoms with Crippen molar-refractivity contribution in [1.82, 2.24) is 19.9 Å². The summed E-state index contributed by atoms with van der Waals surface area (Å²) in [7, 11) is 1.90. The molecule has 0 radical (unpaired) electrons. The molecule has 2 amide bonds. The number of nitrogens with zero attached hydrogens (tertiary/aromatic N) is 4. The molecule has 1 aliphatic rings. The second kappa shape index (κ2) is 20.5. The van der Waals surface area contributed by atoms with Crippen LogP contribution < -0.4 is 5.32 Å². The van der Waals surface area contributed by atoms with Gasteiger partial charge in [0.2, 0.25) is 11.8 Å². The smallest absolute Gasteiger partial charge is 0.259 e. The van der Waals surface area contributed by atoms with Gasteiger partial charge >= 0.3 is 0 Å². The second-order valence-corrected chi connectivity index (χ2v) is 14.4. The normalized spacial score (nSPS) is 17.8. The van der Waals surface area contributed by atoms with Gasteiger partial charge < -0.3 is 19.3 Å². The highest BCUT2D eigenvalue weighted by molar-refractivity contribution is 8.76. The fourth-order valence-corrected chi connectivity index (χ4v) is 8.32. The van der Waals surface area contributed by atoms with Gasteiger partial charge in [-0.15, -0.1) is 0 Å². The Bertz CT molecular complexity index is 930. The van der Waals surface area contributed by atoms with Crippen molar-refractivity contribution in [2.75, 3.05) is 25.4 Å². The summed E-state index contributed by atoms with van der Waals surface area (Å²) in [6.45, 7) is 12.2. The zero-order valence-corrected chi connectivity index (χ0v) is 27.8. The summed E-state index contributed by atoms with van der Waals surface area (Å²) < 4.78 is 14.8. The molecule has 41 heavy (non-hydrogen) atoms. The minimum absolute atomic E-state index is 0.0640. The number of amides is 2. The van der Waals surface area contributed by atoms with Gasteiger partial charge in [-0.3, -0.25) is 9.59 Å². The SMILES string of the molecule is CC[C@@H]1C[C@@H](OP(OCCC#N)N(C(C)C)C(C)C)CN1C(=O)CCCCCNC(=O)CCSSc1ccccn1. The van der Waals surface area contributed by atoms with Crippen LogP contribution in [0.15, 0.2) is 29.4 Å². The molecular weight excluding hydrogens is 577 g/mol. The average Bonchev–Trinajstić information content (AvgIpc) is 3.36. The Labute approximate surface area is 256 Å². The number of nitrogens with one attached hydrogen (secondary N) is 1. The fraction of sp³-hybridized carbons (Fsp3) is 0.724. The van der Waals surface area contributed by atoms with Crippen molar-refractivity contribution in [3.63, 3.8) is 0 Å². The molecule has 1 aromatic heterocycles. The Morgan fingerprint density at radius 2 is 2.00 bits per heavy atom. The first kappa shape index (κ1) is 35.8. The van der Waals surface area contributed by atoms with Crippen molar-refractivity contribution in [3.8, 4) is 6.07 Å². The maximum absolute atomic E-state index is 13.1. The molecule has 1 aliphatic heterocycles. The quantitative estimate of drug-likeness (QED) is 0.0979. The summed E-state index contributed by atoms with van der Waals surface area (Å²) in [5.41, 5.74) is 0. The van der Waals surface area contributed by atoms with Gasteiger partial charge in [0.05, 0.1) is 25.2 Å². The van der Waals surface area contributed by atoms with E-state index in [0.29, 0.717) is 39.0 Å². The van der Waals surface area contributed by atoms with E-state index in [0.717, 1.165) is 42.9 Å². The third kappa shape index (κ3) is 13.6. The first-order valence-corrected chi connectivity index (χ1v) is 18.2. The first-order valence-electron chi connectivity index (χ1n) is 14.8. The number of pyridine rings is 1. The molecule has 2 heterocycles. The van der Waals surface area contributed by atoms with Crippen LogP contribution in [0.5, 0.6) is 0 Å². The van der Waals surface area contributed by atoms with Crippen molar-refractivity contribution < 1.29 is 18.6 Å². The molecule has 2 rings (SSSR count). The van der Waals surface area contributed by atoms with Crippen LogP contribution in [0.2, 0.25) is 0 Å². The Morgan fingerprint density at radius 1 is 1.22 bits per heavy atom. The van der Waals surface area contributed by atoms with E-state index in [2.05, 4.69) is 55.7 Å². The number of unbranched alkanes of at least 4 members (excludes halogenated alkanes) is 2. The maximum atomic E-state index is 13.1. The number of carbonyl (C=O) groups is 2. The van der Waals surface area contributed by atoms with Gasteiger partial charge in [0.1, 0.15) is 5.03 Å². The Kier molecular flexibility index (Phi) is 17.9. The Balaban J connectivity index is 1.68. The van der Waals surface area contributed by atoms with Gasteiger partial charge in [-0.1, -0.05) is 30.2 Å². The third-order valence-electron chi connectivity index (χ3n) is 6.65. The summed E-state index contributed by atoms with van der Waals surface area (Å²) in [6.07, 6.45) is 7.28. The van der Waals surface area contributed by atoms with E-state index in [1.54, 1.807) is 27.8 Å². The maximum Gasteiger partial charge on any atom is 0.259 e. The highest BCUT2D eigenvalue weighted by Crippen LogP contribution is 2.48. The lowest BCUT2D eigenvalue weighted by atomic mass is 10.1. The zero-order chi connectivity index (χ0) is 30.0. The molecule has 1 N–H and O–H groups in total. The molecule has 0 aromatic carbocycles. The number of aromatic nitrogens is 1. The average molecular weight is 626 g/mol. The summed E-state index contributed by atoms with van der Waals surface area (Å²) in [5, 5.41) is 12.9. The minimum atomic E-state index is -1.32. The van der Waals surface area contributed by atoms with Gasteiger partial charge in [0.25, 0.3) is 8.53 Å². The van der Waals surface area contributed by atoms with Crippen molar-refractivity contribution in [2.45, 2.75) is 115 Å². The molecule has 1 saturated heterocycles. The number of carbonyl (C=O) groups excluding carboxylic acids is 2. The van der Waals surface area contributed by atoms with Gasteiger partial charge in [-0.25, -0.2) is 9.65 Å². The standard InChI is InChI=1S/C29H48N5O4PS2/c1-6-25-21-26(38-39(37-19-12-16-30)34(23(2)3)24(4)5)22-33(25)29(36)14-8-7-10-17-31-27(35)15-20-40-41-28-13-9-11-18-32-28/h9,11,13,18,23-26H,6-8,10,12,14-15,17,19-22H2,1-5H3,(H,31,35)/t25-,26-,39?/m1/s1. The predicted octanol–water partition coefficient (Wildman–Crippen LogP) is 6.56. The van der Waals surface area contributed by atoms with Crippen LogP contribution in [0.4, 0.5) is 0 Å². The third-order valence-corrected chi connectivity index (χ3v) is 11.1. The lowest BCUT2D eigenvalue weighted by molar-refractivity contribution is -0.132. The van der Waals surface area contributed by atoms with Crippen LogP contribution in [0.3, 0.4) is 0 Å². The van der Waals surface area contributed by atoms with Crippen LogP contribution >= 0.6 is 30.1 Å². The van der Waals surface area contributed by atoms with E-state index >= 15 is 0 Å². The summed E-state index contributed by atoms with van der Waals surface area (Å²) >= 11 is 0. The molecule has 1 aromatic rings. The van der Waals surface area contributed by atoms with E-state index < -0.39 is 8.53 Å². The summed E-state index contributed by atoms with van der Waals surface area (Å²) in [6, 6.07) is 8.59. The Morgan fingerprint density at radius 3 is 2.66 bits per heavy atom. The fourth-order valence-electron chi connectivity index (χ4n) is 4.74.